The smallest absolute Gasteiger partial charge is 0.309 e. The summed E-state index contributed by atoms with van der Waals surface area (Å²) in [7, 11) is 0. The third kappa shape index (κ3) is 1.97. The maximum absolute atomic E-state index is 11.1. The van der Waals surface area contributed by atoms with Crippen LogP contribution in [0.1, 0.15) is 46.0 Å². The largest absolute Gasteiger partial charge is 0.481 e. The lowest BCUT2D eigenvalue weighted by molar-refractivity contribution is -0.152. The van der Waals surface area contributed by atoms with Crippen molar-refractivity contribution in [2.45, 2.75) is 46.0 Å². The molecule has 0 unspecified atom stereocenters. The Bertz CT molecular complexity index is 237. The van der Waals surface area contributed by atoms with Crippen LogP contribution >= 0.6 is 0 Å². The predicted molar refractivity (Wildman–Crippen MR) is 53.0 cm³/mol. The number of ketones is 1. The molecule has 0 bridgehead atoms. The number of carbonyl (C=O) groups excluding carboxylic acids is 1. The van der Waals surface area contributed by atoms with Gasteiger partial charge < -0.3 is 5.11 Å². The first-order chi connectivity index (χ1) is 6.52. The molecule has 1 rings (SSSR count). The van der Waals surface area contributed by atoms with Crippen molar-refractivity contribution in [3.8, 4) is 0 Å². The minimum Gasteiger partial charge on any atom is -0.481 e. The number of Topliss-reactive ketones (excluding diaryl/α,β-unsaturated/α-hetero) is 1. The highest BCUT2D eigenvalue weighted by Gasteiger charge is 2.41. The van der Waals surface area contributed by atoms with Gasteiger partial charge in [-0.2, -0.15) is 0 Å². The lowest BCUT2D eigenvalue weighted by atomic mass is 9.68. The van der Waals surface area contributed by atoms with Gasteiger partial charge in [-0.25, -0.2) is 0 Å². The monoisotopic (exact) mass is 198 g/mol. The molecule has 0 aliphatic heterocycles. The number of carboxylic acids is 1. The number of hydrogen-bond donors (Lipinski definition) is 1. The van der Waals surface area contributed by atoms with Crippen molar-refractivity contribution in [3.05, 3.63) is 0 Å². The highest BCUT2D eigenvalue weighted by atomic mass is 16.4. The lowest BCUT2D eigenvalue weighted by Crippen LogP contribution is -2.36. The molecule has 1 saturated carbocycles. The molecule has 0 radical (unpaired) electrons. The molecule has 0 saturated heterocycles. The topological polar surface area (TPSA) is 54.4 Å². The van der Waals surface area contributed by atoms with Crippen LogP contribution in [0.25, 0.3) is 0 Å². The Morgan fingerprint density at radius 2 is 1.86 bits per heavy atom. The van der Waals surface area contributed by atoms with Crippen LogP contribution in [0.15, 0.2) is 0 Å². The standard InChI is InChI=1S/C11H18O3/c1-3-11(10(13)14)6-4-9(5-7-11)8(2)12/h9H,3-7H2,1-2H3,(H,13,14)/t9-,11-. The molecule has 0 aromatic carbocycles. The van der Waals surface area contributed by atoms with Crippen molar-refractivity contribution in [2.75, 3.05) is 0 Å². The van der Waals surface area contributed by atoms with Crippen LogP contribution in [0.5, 0.6) is 0 Å². The summed E-state index contributed by atoms with van der Waals surface area (Å²) < 4.78 is 0. The molecule has 0 atom stereocenters. The minimum atomic E-state index is -0.693. The quantitative estimate of drug-likeness (QED) is 0.756. The second-order valence-electron chi connectivity index (χ2n) is 4.32. The maximum atomic E-state index is 11.1. The fourth-order valence-electron chi connectivity index (χ4n) is 2.30. The molecule has 0 aromatic rings. The molecule has 1 aliphatic carbocycles. The maximum Gasteiger partial charge on any atom is 0.309 e. The van der Waals surface area contributed by atoms with E-state index in [0.29, 0.717) is 19.3 Å². The molecule has 3 heteroatoms. The van der Waals surface area contributed by atoms with E-state index in [1.165, 1.54) is 0 Å². The Morgan fingerprint density at radius 1 is 1.36 bits per heavy atom. The highest BCUT2D eigenvalue weighted by molar-refractivity contribution is 5.79. The zero-order valence-corrected chi connectivity index (χ0v) is 8.88. The fourth-order valence-corrected chi connectivity index (χ4v) is 2.30. The van der Waals surface area contributed by atoms with Crippen molar-refractivity contribution in [3.63, 3.8) is 0 Å². The molecule has 1 fully saturated rings. The molecule has 1 N–H and O–H groups in total. The molecular weight excluding hydrogens is 180 g/mol. The number of carbonyl (C=O) groups is 2. The van der Waals surface area contributed by atoms with Crippen LogP contribution in [-0.2, 0) is 9.59 Å². The van der Waals surface area contributed by atoms with Gasteiger partial charge in [-0.15, -0.1) is 0 Å². The summed E-state index contributed by atoms with van der Waals surface area (Å²) >= 11 is 0. The van der Waals surface area contributed by atoms with Crippen molar-refractivity contribution in [2.24, 2.45) is 11.3 Å². The second-order valence-corrected chi connectivity index (χ2v) is 4.32. The average molecular weight is 198 g/mol. The third-order valence-electron chi connectivity index (χ3n) is 3.65. The van der Waals surface area contributed by atoms with Crippen LogP contribution in [0, 0.1) is 11.3 Å². The van der Waals surface area contributed by atoms with Gasteiger partial charge in [0.2, 0.25) is 0 Å². The van der Waals surface area contributed by atoms with Gasteiger partial charge in [0.15, 0.2) is 0 Å². The first-order valence-electron chi connectivity index (χ1n) is 5.25. The van der Waals surface area contributed by atoms with Gasteiger partial charge in [-0.3, -0.25) is 9.59 Å². The summed E-state index contributed by atoms with van der Waals surface area (Å²) in [6.45, 7) is 3.52. The minimum absolute atomic E-state index is 0.106. The zero-order valence-electron chi connectivity index (χ0n) is 8.88. The SMILES string of the molecule is CC[C@]1(C(=O)O)CC[C@H](C(C)=O)CC1. The van der Waals surface area contributed by atoms with Crippen molar-refractivity contribution < 1.29 is 14.7 Å². The molecule has 3 nitrogen and oxygen atoms in total. The lowest BCUT2D eigenvalue weighted by Gasteiger charge is -2.35. The average Bonchev–Trinajstić information content (AvgIpc) is 2.17. The van der Waals surface area contributed by atoms with Crippen LogP contribution in [0.2, 0.25) is 0 Å². The van der Waals surface area contributed by atoms with Gasteiger partial charge in [-0.1, -0.05) is 6.92 Å². The van der Waals surface area contributed by atoms with Gasteiger partial charge in [0.1, 0.15) is 5.78 Å². The molecule has 0 spiro atoms. The summed E-state index contributed by atoms with van der Waals surface area (Å²) in [5, 5.41) is 9.13. The summed E-state index contributed by atoms with van der Waals surface area (Å²) in [6.07, 6.45) is 3.48. The van der Waals surface area contributed by atoms with Gasteiger partial charge in [0.05, 0.1) is 5.41 Å². The zero-order chi connectivity index (χ0) is 10.8. The number of carboxylic acid groups (broad SMARTS) is 1. The Hall–Kier alpha value is -0.860. The molecule has 0 aromatic heterocycles. The summed E-state index contributed by atoms with van der Waals surface area (Å²) in [5.74, 6) is -0.379. The van der Waals surface area contributed by atoms with E-state index in [1.54, 1.807) is 6.92 Å². The van der Waals surface area contributed by atoms with E-state index < -0.39 is 11.4 Å². The van der Waals surface area contributed by atoms with Crippen molar-refractivity contribution in [1.29, 1.82) is 0 Å². The van der Waals surface area contributed by atoms with Crippen LogP contribution < -0.4 is 0 Å². The molecule has 80 valence electrons. The third-order valence-corrected chi connectivity index (χ3v) is 3.65. The van der Waals surface area contributed by atoms with E-state index in [4.69, 9.17) is 5.11 Å². The van der Waals surface area contributed by atoms with E-state index in [1.807, 2.05) is 6.92 Å². The van der Waals surface area contributed by atoms with Crippen LogP contribution in [0.4, 0.5) is 0 Å². The number of aliphatic carboxylic acids is 1. The van der Waals surface area contributed by atoms with Gasteiger partial charge in [-0.05, 0) is 39.0 Å². The fraction of sp³-hybridized carbons (Fsp3) is 0.818. The van der Waals surface area contributed by atoms with Gasteiger partial charge in [0.25, 0.3) is 0 Å². The van der Waals surface area contributed by atoms with Crippen LogP contribution in [0.3, 0.4) is 0 Å². The summed E-state index contributed by atoms with van der Waals surface area (Å²) in [6, 6.07) is 0. The molecule has 1 aliphatic rings. The van der Waals surface area contributed by atoms with E-state index >= 15 is 0 Å². The Morgan fingerprint density at radius 3 is 2.14 bits per heavy atom. The molecular formula is C11H18O3. The Balaban J connectivity index is 2.64. The molecule has 0 heterocycles. The first-order valence-corrected chi connectivity index (χ1v) is 5.25. The predicted octanol–water partition coefficient (Wildman–Crippen LogP) is 2.25. The van der Waals surface area contributed by atoms with Gasteiger partial charge in [0, 0.05) is 5.92 Å². The van der Waals surface area contributed by atoms with Crippen molar-refractivity contribution >= 4 is 11.8 Å². The van der Waals surface area contributed by atoms with Gasteiger partial charge >= 0.3 is 5.97 Å². The number of rotatable bonds is 3. The van der Waals surface area contributed by atoms with E-state index in [-0.39, 0.29) is 11.7 Å². The first kappa shape index (κ1) is 11.2. The number of hydrogen-bond acceptors (Lipinski definition) is 2. The van der Waals surface area contributed by atoms with E-state index in [0.717, 1.165) is 12.8 Å². The summed E-state index contributed by atoms with van der Waals surface area (Å²) in [4.78, 5) is 22.2. The Kier molecular flexibility index (Phi) is 3.29. The molecule has 14 heavy (non-hydrogen) atoms. The Labute approximate surface area is 84.5 Å². The normalized spacial score (nSPS) is 32.6. The molecule has 0 amide bonds. The van der Waals surface area contributed by atoms with Crippen LogP contribution in [-0.4, -0.2) is 16.9 Å². The van der Waals surface area contributed by atoms with E-state index in [2.05, 4.69) is 0 Å². The summed E-state index contributed by atoms with van der Waals surface area (Å²) in [5.41, 5.74) is -0.550. The highest BCUT2D eigenvalue weighted by Crippen LogP contribution is 2.41. The van der Waals surface area contributed by atoms with Crippen molar-refractivity contribution in [1.82, 2.24) is 0 Å². The van der Waals surface area contributed by atoms with E-state index in [9.17, 15) is 9.59 Å². The second kappa shape index (κ2) is 4.11.